The molecule has 7 heteroatoms. The Labute approximate surface area is 109 Å². The summed E-state index contributed by atoms with van der Waals surface area (Å²) in [6.45, 7) is 0.584. The number of carbonyl (C=O) groups excluding carboxylic acids is 1. The number of rotatable bonds is 4. The van der Waals surface area contributed by atoms with Gasteiger partial charge in [0.15, 0.2) is 0 Å². The van der Waals surface area contributed by atoms with Gasteiger partial charge in [-0.25, -0.2) is 4.98 Å². The molecule has 0 fully saturated rings. The Kier molecular flexibility index (Phi) is 3.61. The fraction of sp³-hybridized carbons (Fsp3) is 0.364. The van der Waals surface area contributed by atoms with Crippen LogP contribution in [0.15, 0.2) is 11.4 Å². The molecule has 2 aromatic rings. The zero-order valence-corrected chi connectivity index (χ0v) is 11.1. The van der Waals surface area contributed by atoms with Crippen LogP contribution in [0.1, 0.15) is 6.42 Å². The van der Waals surface area contributed by atoms with Gasteiger partial charge in [0.25, 0.3) is 0 Å². The molecule has 0 aromatic carbocycles. The van der Waals surface area contributed by atoms with E-state index in [1.807, 2.05) is 23.4 Å². The van der Waals surface area contributed by atoms with E-state index in [0.717, 1.165) is 16.0 Å². The number of aromatic nitrogens is 2. The van der Waals surface area contributed by atoms with E-state index in [4.69, 9.17) is 5.73 Å². The Hall–Kier alpha value is -1.89. The van der Waals surface area contributed by atoms with E-state index in [1.165, 1.54) is 11.3 Å². The standard InChI is InChI=1S/C11H15N5OS/c1-13-8(17)3-5-16(2)9-7-4-6-18-10(7)15-11(12)14-9/h4,6H,3,5H2,1-2H3,(H,13,17)(H2,12,14,15). The number of nitrogens with zero attached hydrogens (tertiary/aromatic N) is 3. The first-order chi connectivity index (χ1) is 8.61. The Morgan fingerprint density at radius 2 is 2.33 bits per heavy atom. The van der Waals surface area contributed by atoms with Crippen LogP contribution in [0.3, 0.4) is 0 Å². The summed E-state index contributed by atoms with van der Waals surface area (Å²) in [6, 6.07) is 1.96. The molecule has 0 aliphatic rings. The Balaban J connectivity index is 2.23. The number of nitrogen functional groups attached to an aromatic ring is 1. The fourth-order valence-corrected chi connectivity index (χ4v) is 2.41. The highest BCUT2D eigenvalue weighted by Gasteiger charge is 2.12. The lowest BCUT2D eigenvalue weighted by Crippen LogP contribution is -2.27. The minimum atomic E-state index is 0.00504. The number of hydrogen-bond acceptors (Lipinski definition) is 6. The number of thiophene rings is 1. The number of nitrogens with one attached hydrogen (secondary N) is 1. The van der Waals surface area contributed by atoms with Crippen molar-refractivity contribution in [1.29, 1.82) is 0 Å². The normalized spacial score (nSPS) is 10.6. The van der Waals surface area contributed by atoms with E-state index >= 15 is 0 Å². The summed E-state index contributed by atoms with van der Waals surface area (Å²) < 4.78 is 0. The number of amides is 1. The second kappa shape index (κ2) is 5.18. The van der Waals surface area contributed by atoms with E-state index in [9.17, 15) is 4.79 Å². The summed E-state index contributed by atoms with van der Waals surface area (Å²) in [5, 5.41) is 5.51. The first-order valence-electron chi connectivity index (χ1n) is 5.54. The van der Waals surface area contributed by atoms with Gasteiger partial charge in [-0.05, 0) is 11.4 Å². The van der Waals surface area contributed by atoms with Gasteiger partial charge in [-0.2, -0.15) is 4.98 Å². The van der Waals surface area contributed by atoms with E-state index < -0.39 is 0 Å². The van der Waals surface area contributed by atoms with Crippen molar-refractivity contribution in [2.75, 3.05) is 31.3 Å². The van der Waals surface area contributed by atoms with Crippen LogP contribution in [-0.4, -0.2) is 36.5 Å². The van der Waals surface area contributed by atoms with Crippen LogP contribution in [-0.2, 0) is 4.79 Å². The maximum atomic E-state index is 11.2. The molecule has 18 heavy (non-hydrogen) atoms. The van der Waals surface area contributed by atoms with Crippen molar-refractivity contribution in [3.8, 4) is 0 Å². The van der Waals surface area contributed by atoms with Gasteiger partial charge in [0.2, 0.25) is 11.9 Å². The van der Waals surface area contributed by atoms with Crippen LogP contribution in [0.5, 0.6) is 0 Å². The van der Waals surface area contributed by atoms with Gasteiger partial charge in [-0.15, -0.1) is 11.3 Å². The minimum absolute atomic E-state index is 0.00504. The molecule has 0 spiro atoms. The molecule has 3 N–H and O–H groups in total. The fourth-order valence-electron chi connectivity index (χ4n) is 1.65. The number of fused-ring (bicyclic) bond motifs is 1. The van der Waals surface area contributed by atoms with Crippen LogP contribution in [0, 0.1) is 0 Å². The maximum absolute atomic E-state index is 11.2. The highest BCUT2D eigenvalue weighted by atomic mass is 32.1. The summed E-state index contributed by atoms with van der Waals surface area (Å²) >= 11 is 1.52. The molecular weight excluding hydrogens is 250 g/mol. The SMILES string of the molecule is CNC(=O)CCN(C)c1nc(N)nc2sccc12. The van der Waals surface area contributed by atoms with E-state index in [2.05, 4.69) is 15.3 Å². The quantitative estimate of drug-likeness (QED) is 0.856. The molecule has 0 saturated carbocycles. The predicted octanol–water partition coefficient (Wildman–Crippen LogP) is 0.846. The van der Waals surface area contributed by atoms with Gasteiger partial charge >= 0.3 is 0 Å². The highest BCUT2D eigenvalue weighted by Crippen LogP contribution is 2.27. The average molecular weight is 265 g/mol. The first kappa shape index (κ1) is 12.6. The summed E-state index contributed by atoms with van der Waals surface area (Å²) in [7, 11) is 3.52. The van der Waals surface area contributed by atoms with E-state index in [1.54, 1.807) is 7.05 Å². The van der Waals surface area contributed by atoms with Crippen molar-refractivity contribution >= 4 is 39.2 Å². The Bertz CT molecular complexity index is 568. The highest BCUT2D eigenvalue weighted by molar-refractivity contribution is 7.16. The van der Waals surface area contributed by atoms with Gasteiger partial charge in [-0.3, -0.25) is 4.79 Å². The molecule has 0 saturated heterocycles. The molecule has 6 nitrogen and oxygen atoms in total. The van der Waals surface area contributed by atoms with Crippen molar-refractivity contribution in [2.45, 2.75) is 6.42 Å². The second-order valence-corrected chi connectivity index (χ2v) is 4.78. The lowest BCUT2D eigenvalue weighted by molar-refractivity contribution is -0.120. The van der Waals surface area contributed by atoms with Gasteiger partial charge in [0, 0.05) is 27.1 Å². The largest absolute Gasteiger partial charge is 0.368 e. The summed E-state index contributed by atoms with van der Waals surface area (Å²) in [5.41, 5.74) is 5.68. The van der Waals surface area contributed by atoms with Crippen molar-refractivity contribution in [3.63, 3.8) is 0 Å². The topological polar surface area (TPSA) is 84.1 Å². The molecule has 0 bridgehead atoms. The van der Waals surface area contributed by atoms with Crippen molar-refractivity contribution in [3.05, 3.63) is 11.4 Å². The maximum Gasteiger partial charge on any atom is 0.223 e. The summed E-state index contributed by atoms with van der Waals surface area (Å²) in [5.74, 6) is 1.03. The lowest BCUT2D eigenvalue weighted by atomic mass is 10.3. The minimum Gasteiger partial charge on any atom is -0.368 e. The Morgan fingerprint density at radius 1 is 1.56 bits per heavy atom. The van der Waals surface area contributed by atoms with Crippen LogP contribution in [0.25, 0.3) is 10.2 Å². The van der Waals surface area contributed by atoms with Crippen LogP contribution in [0.4, 0.5) is 11.8 Å². The van der Waals surface area contributed by atoms with Crippen molar-refractivity contribution < 1.29 is 4.79 Å². The molecule has 1 amide bonds. The van der Waals surface area contributed by atoms with Crippen LogP contribution in [0.2, 0.25) is 0 Å². The van der Waals surface area contributed by atoms with Gasteiger partial charge in [0.1, 0.15) is 10.6 Å². The zero-order valence-electron chi connectivity index (χ0n) is 10.3. The monoisotopic (exact) mass is 265 g/mol. The predicted molar refractivity (Wildman–Crippen MR) is 73.8 cm³/mol. The third-order valence-electron chi connectivity index (χ3n) is 2.64. The number of hydrogen-bond donors (Lipinski definition) is 2. The van der Waals surface area contributed by atoms with Crippen molar-refractivity contribution in [1.82, 2.24) is 15.3 Å². The van der Waals surface area contributed by atoms with Gasteiger partial charge in [0.05, 0.1) is 5.39 Å². The molecule has 0 aliphatic heterocycles. The van der Waals surface area contributed by atoms with Crippen LogP contribution >= 0.6 is 11.3 Å². The smallest absolute Gasteiger partial charge is 0.223 e. The second-order valence-electron chi connectivity index (χ2n) is 3.89. The molecule has 96 valence electrons. The van der Waals surface area contributed by atoms with Gasteiger partial charge in [-0.1, -0.05) is 0 Å². The van der Waals surface area contributed by atoms with Crippen LogP contribution < -0.4 is 16.0 Å². The lowest BCUT2D eigenvalue weighted by Gasteiger charge is -2.18. The molecule has 0 unspecified atom stereocenters. The third kappa shape index (κ3) is 2.51. The first-order valence-corrected chi connectivity index (χ1v) is 6.42. The van der Waals surface area contributed by atoms with Gasteiger partial charge < -0.3 is 16.0 Å². The molecule has 0 aliphatic carbocycles. The molecule has 2 aromatic heterocycles. The summed E-state index contributed by atoms with van der Waals surface area (Å²) in [6.07, 6.45) is 0.419. The molecule has 0 radical (unpaired) electrons. The average Bonchev–Trinajstić information content (AvgIpc) is 2.82. The number of anilines is 2. The molecule has 2 rings (SSSR count). The van der Waals surface area contributed by atoms with E-state index in [-0.39, 0.29) is 11.9 Å². The molecule has 0 atom stereocenters. The Morgan fingerprint density at radius 3 is 3.06 bits per heavy atom. The van der Waals surface area contributed by atoms with Crippen molar-refractivity contribution in [2.24, 2.45) is 0 Å². The molecular formula is C11H15N5OS. The zero-order chi connectivity index (χ0) is 13.1. The third-order valence-corrected chi connectivity index (χ3v) is 3.44. The van der Waals surface area contributed by atoms with E-state index in [0.29, 0.717) is 13.0 Å². The number of nitrogens with two attached hydrogens (primary N) is 1. The summed E-state index contributed by atoms with van der Waals surface area (Å²) in [4.78, 5) is 22.4. The number of carbonyl (C=O) groups is 1. The molecule has 2 heterocycles.